The van der Waals surface area contributed by atoms with Crippen LogP contribution in [-0.2, 0) is 6.42 Å². The van der Waals surface area contributed by atoms with Gasteiger partial charge in [0.1, 0.15) is 0 Å². The van der Waals surface area contributed by atoms with Gasteiger partial charge in [-0.15, -0.1) is 0 Å². The van der Waals surface area contributed by atoms with Crippen molar-refractivity contribution in [1.29, 1.82) is 0 Å². The average Bonchev–Trinajstić information content (AvgIpc) is 2.74. The molecule has 0 bridgehead atoms. The minimum Gasteiger partial charge on any atom is -1.00 e. The number of para-hydroxylation sites is 1. The minimum atomic E-state index is -0.173. The van der Waals surface area contributed by atoms with E-state index in [0.717, 1.165) is 28.8 Å². The zero-order valence-corrected chi connectivity index (χ0v) is 19.4. The summed E-state index contributed by atoms with van der Waals surface area (Å²) in [5, 5.41) is 3.34. The maximum atomic E-state index is 13.4. The van der Waals surface area contributed by atoms with Gasteiger partial charge in [0.25, 0.3) is 11.5 Å². The molecule has 1 aliphatic rings. The first kappa shape index (κ1) is 21.9. The molecule has 0 radical (unpaired) electrons. The summed E-state index contributed by atoms with van der Waals surface area (Å²) in [7, 11) is 0. The number of carbonyl (C=O) groups is 2. The maximum absolute atomic E-state index is 13.4. The number of fused-ring (bicyclic) bond motifs is 1. The van der Waals surface area contributed by atoms with Gasteiger partial charge >= 0.3 is 0 Å². The highest BCUT2D eigenvalue weighted by atomic mass is 127. The predicted octanol–water partition coefficient (Wildman–Crippen LogP) is 1.52. The SMILES string of the molecule is CCc1cccc(C)c1NC1=C([n+]2ccc(C)cc2)C(=O)c2ccccc2C1=O.[I-]. The van der Waals surface area contributed by atoms with E-state index in [1.165, 1.54) is 0 Å². The van der Waals surface area contributed by atoms with Gasteiger partial charge in [0.05, 0.1) is 0 Å². The number of nitrogens with zero attached hydrogens (tertiary/aromatic N) is 1. The zero-order chi connectivity index (χ0) is 20.5. The number of nitrogens with one attached hydrogen (secondary N) is 1. The Morgan fingerprint density at radius 3 is 2.10 bits per heavy atom. The van der Waals surface area contributed by atoms with E-state index in [4.69, 9.17) is 0 Å². The number of pyridine rings is 1. The van der Waals surface area contributed by atoms with Crippen molar-refractivity contribution < 1.29 is 38.1 Å². The molecule has 0 atom stereocenters. The molecule has 4 nitrogen and oxygen atoms in total. The van der Waals surface area contributed by atoms with Gasteiger partial charge in [0, 0.05) is 28.9 Å². The van der Waals surface area contributed by atoms with E-state index in [2.05, 4.69) is 12.2 Å². The quantitative estimate of drug-likeness (QED) is 0.428. The fourth-order valence-corrected chi connectivity index (χ4v) is 3.70. The van der Waals surface area contributed by atoms with Gasteiger partial charge in [0.2, 0.25) is 5.78 Å². The van der Waals surface area contributed by atoms with Crippen LogP contribution in [0.1, 0.15) is 44.3 Å². The second kappa shape index (κ2) is 8.92. The Hall–Kier alpha value is -2.80. The van der Waals surface area contributed by atoms with Crippen molar-refractivity contribution in [2.24, 2.45) is 0 Å². The topological polar surface area (TPSA) is 50.1 Å². The van der Waals surface area contributed by atoms with Crippen LogP contribution in [0.5, 0.6) is 0 Å². The molecule has 3 aromatic rings. The molecule has 152 valence electrons. The fourth-order valence-electron chi connectivity index (χ4n) is 3.70. The first-order valence-corrected chi connectivity index (χ1v) is 9.77. The average molecular weight is 510 g/mol. The summed E-state index contributed by atoms with van der Waals surface area (Å²) in [6.07, 6.45) is 4.47. The Kier molecular flexibility index (Phi) is 6.51. The van der Waals surface area contributed by atoms with Crippen molar-refractivity contribution in [1.82, 2.24) is 0 Å². The van der Waals surface area contributed by atoms with Crippen molar-refractivity contribution in [3.63, 3.8) is 0 Å². The van der Waals surface area contributed by atoms with Crippen LogP contribution < -0.4 is 33.9 Å². The number of aryl methyl sites for hydroxylation is 3. The highest BCUT2D eigenvalue weighted by molar-refractivity contribution is 6.36. The standard InChI is InChI=1S/C25H22N2O2.HI/c1-4-18-9-7-8-17(3)21(18)26-22-23(27-14-12-16(2)13-15-27)25(29)20-11-6-5-10-19(20)24(22)28;/h5-15H,4H2,1-3H3;1H. The molecule has 0 aliphatic heterocycles. The number of anilines is 1. The first-order chi connectivity index (χ1) is 14.0. The van der Waals surface area contributed by atoms with E-state index in [1.54, 1.807) is 28.8 Å². The van der Waals surface area contributed by atoms with E-state index < -0.39 is 0 Å². The van der Waals surface area contributed by atoms with Gasteiger partial charge in [-0.1, -0.05) is 49.4 Å². The number of benzene rings is 2. The number of rotatable bonds is 4. The summed E-state index contributed by atoms with van der Waals surface area (Å²) in [6.45, 7) is 6.07. The van der Waals surface area contributed by atoms with E-state index in [9.17, 15) is 9.59 Å². The van der Waals surface area contributed by atoms with Gasteiger partial charge in [-0.05, 0) is 37.0 Å². The van der Waals surface area contributed by atoms with Crippen molar-refractivity contribution in [2.75, 3.05) is 5.32 Å². The molecule has 0 unspecified atom stereocenters. The normalized spacial score (nSPS) is 13.0. The van der Waals surface area contributed by atoms with Crippen LogP contribution in [0.25, 0.3) is 5.70 Å². The van der Waals surface area contributed by atoms with Crippen LogP contribution in [0.3, 0.4) is 0 Å². The molecular weight excluding hydrogens is 487 g/mol. The number of allylic oxidation sites excluding steroid dienone is 2. The van der Waals surface area contributed by atoms with Crippen LogP contribution >= 0.6 is 0 Å². The lowest BCUT2D eigenvalue weighted by atomic mass is 9.89. The lowest BCUT2D eigenvalue weighted by Crippen LogP contribution is -3.00. The number of aromatic nitrogens is 1. The predicted molar refractivity (Wildman–Crippen MR) is 114 cm³/mol. The number of ketones is 2. The number of carbonyl (C=O) groups excluding carboxylic acids is 2. The van der Waals surface area contributed by atoms with Gasteiger partial charge in [-0.3, -0.25) is 9.59 Å². The Bertz CT molecular complexity index is 1160. The molecular formula is C25H23IN2O2. The Morgan fingerprint density at radius 2 is 1.47 bits per heavy atom. The van der Waals surface area contributed by atoms with Crippen LogP contribution in [0.2, 0.25) is 0 Å². The smallest absolute Gasteiger partial charge is 0.286 e. The van der Waals surface area contributed by atoms with Crippen LogP contribution in [0.15, 0.2) is 72.7 Å². The zero-order valence-electron chi connectivity index (χ0n) is 17.2. The molecule has 0 saturated carbocycles. The maximum Gasteiger partial charge on any atom is 0.286 e. The molecule has 0 amide bonds. The molecule has 0 spiro atoms. The number of hydrogen-bond acceptors (Lipinski definition) is 3. The van der Waals surface area contributed by atoms with Crippen molar-refractivity contribution in [2.45, 2.75) is 27.2 Å². The second-order valence-corrected chi connectivity index (χ2v) is 7.30. The summed E-state index contributed by atoms with van der Waals surface area (Å²) < 4.78 is 1.73. The summed E-state index contributed by atoms with van der Waals surface area (Å²) in [6, 6.07) is 16.9. The number of hydrogen-bond donors (Lipinski definition) is 1. The third kappa shape index (κ3) is 3.81. The molecule has 1 N–H and O–H groups in total. The van der Waals surface area contributed by atoms with E-state index in [0.29, 0.717) is 22.5 Å². The Labute approximate surface area is 193 Å². The number of halogens is 1. The highest BCUT2D eigenvalue weighted by Crippen LogP contribution is 2.30. The van der Waals surface area contributed by atoms with Gasteiger partial charge in [0.15, 0.2) is 18.1 Å². The monoisotopic (exact) mass is 510 g/mol. The largest absolute Gasteiger partial charge is 1.00 e. The van der Waals surface area contributed by atoms with Crippen LogP contribution in [0, 0.1) is 13.8 Å². The van der Waals surface area contributed by atoms with Crippen molar-refractivity contribution in [3.05, 3.63) is 101 Å². The summed E-state index contributed by atoms with van der Waals surface area (Å²) in [5.74, 6) is -0.336. The van der Waals surface area contributed by atoms with Gasteiger partial charge in [-0.25, -0.2) is 0 Å². The van der Waals surface area contributed by atoms with Crippen molar-refractivity contribution in [3.8, 4) is 0 Å². The molecule has 5 heteroatoms. The molecule has 2 aromatic carbocycles. The minimum absolute atomic E-state index is 0. The second-order valence-electron chi connectivity index (χ2n) is 7.30. The van der Waals surface area contributed by atoms with E-state index in [1.807, 2.05) is 56.6 Å². The molecule has 1 aromatic heterocycles. The Balaban J connectivity index is 0.00000256. The first-order valence-electron chi connectivity index (χ1n) is 9.77. The number of Topliss-reactive ketones (excluding diaryl/α,β-unsaturated/α-hetero) is 2. The lowest BCUT2D eigenvalue weighted by Gasteiger charge is -2.20. The fraction of sp³-hybridized carbons (Fsp3) is 0.160. The third-order valence-corrected chi connectivity index (χ3v) is 5.34. The Morgan fingerprint density at radius 1 is 0.833 bits per heavy atom. The molecule has 1 aliphatic carbocycles. The molecule has 4 rings (SSSR count). The van der Waals surface area contributed by atoms with E-state index in [-0.39, 0.29) is 35.5 Å². The van der Waals surface area contributed by atoms with Crippen LogP contribution in [-0.4, -0.2) is 11.6 Å². The highest BCUT2D eigenvalue weighted by Gasteiger charge is 2.38. The van der Waals surface area contributed by atoms with Crippen LogP contribution in [0.4, 0.5) is 5.69 Å². The molecule has 1 heterocycles. The summed E-state index contributed by atoms with van der Waals surface area (Å²) >= 11 is 0. The van der Waals surface area contributed by atoms with Gasteiger partial charge in [-0.2, -0.15) is 4.57 Å². The van der Waals surface area contributed by atoms with Gasteiger partial charge < -0.3 is 29.3 Å². The summed E-state index contributed by atoms with van der Waals surface area (Å²) in [4.78, 5) is 26.9. The molecule has 0 fully saturated rings. The summed E-state index contributed by atoms with van der Waals surface area (Å²) in [5.41, 5.74) is 5.63. The molecule has 0 saturated heterocycles. The van der Waals surface area contributed by atoms with E-state index >= 15 is 0 Å². The third-order valence-electron chi connectivity index (χ3n) is 5.34. The lowest BCUT2D eigenvalue weighted by molar-refractivity contribution is -0.577. The molecule has 30 heavy (non-hydrogen) atoms. The van der Waals surface area contributed by atoms with Crippen molar-refractivity contribution >= 4 is 23.0 Å².